The Hall–Kier alpha value is -1.55. The van der Waals surface area contributed by atoms with Crippen LogP contribution in [0.3, 0.4) is 0 Å². The maximum absolute atomic E-state index is 4.22. The lowest BCUT2D eigenvalue weighted by Crippen LogP contribution is -2.12. The molecule has 0 aliphatic carbocycles. The van der Waals surface area contributed by atoms with Gasteiger partial charge in [0.2, 0.25) is 0 Å². The van der Waals surface area contributed by atoms with E-state index in [4.69, 9.17) is 0 Å². The van der Waals surface area contributed by atoms with Crippen molar-refractivity contribution in [3.8, 4) is 0 Å². The van der Waals surface area contributed by atoms with Gasteiger partial charge in [0.15, 0.2) is 5.13 Å². The van der Waals surface area contributed by atoms with Crippen LogP contribution in [0, 0.1) is 0 Å². The summed E-state index contributed by atoms with van der Waals surface area (Å²) in [5.41, 5.74) is 4.17. The lowest BCUT2D eigenvalue weighted by atomic mass is 10.1. The SMILES string of the molecule is CN1CCc2cc(CNc3nccs3)ccc21. The van der Waals surface area contributed by atoms with E-state index in [2.05, 4.69) is 40.4 Å². The van der Waals surface area contributed by atoms with E-state index >= 15 is 0 Å². The first kappa shape index (κ1) is 10.6. The predicted molar refractivity (Wildman–Crippen MR) is 72.9 cm³/mol. The fourth-order valence-corrected chi connectivity index (χ4v) is 2.75. The summed E-state index contributed by atoms with van der Waals surface area (Å²) in [5.74, 6) is 0. The molecule has 0 atom stereocenters. The van der Waals surface area contributed by atoms with Crippen LogP contribution in [0.1, 0.15) is 11.1 Å². The summed E-state index contributed by atoms with van der Waals surface area (Å²) >= 11 is 1.64. The van der Waals surface area contributed by atoms with Gasteiger partial charge >= 0.3 is 0 Å². The molecule has 0 radical (unpaired) electrons. The molecule has 0 amide bonds. The Bertz CT molecular complexity index is 507. The number of hydrogen-bond donors (Lipinski definition) is 1. The van der Waals surface area contributed by atoms with Gasteiger partial charge in [0, 0.05) is 37.4 Å². The number of anilines is 2. The highest BCUT2D eigenvalue weighted by Gasteiger charge is 2.15. The zero-order valence-corrected chi connectivity index (χ0v) is 10.6. The number of nitrogens with one attached hydrogen (secondary N) is 1. The van der Waals surface area contributed by atoms with Gasteiger partial charge in [-0.2, -0.15) is 0 Å². The van der Waals surface area contributed by atoms with Gasteiger partial charge < -0.3 is 10.2 Å². The predicted octanol–water partition coefficient (Wildman–Crippen LogP) is 2.75. The molecule has 0 fully saturated rings. The average Bonchev–Trinajstić information content (AvgIpc) is 2.97. The smallest absolute Gasteiger partial charge is 0.182 e. The fourth-order valence-electron chi connectivity index (χ4n) is 2.22. The number of benzene rings is 1. The van der Waals surface area contributed by atoms with E-state index in [0.29, 0.717) is 0 Å². The lowest BCUT2D eigenvalue weighted by molar-refractivity contribution is 0.955. The summed E-state index contributed by atoms with van der Waals surface area (Å²) in [6, 6.07) is 6.72. The zero-order chi connectivity index (χ0) is 11.7. The normalized spacial score (nSPS) is 13.8. The maximum atomic E-state index is 4.22. The highest BCUT2D eigenvalue weighted by molar-refractivity contribution is 7.13. The monoisotopic (exact) mass is 245 g/mol. The quantitative estimate of drug-likeness (QED) is 0.901. The van der Waals surface area contributed by atoms with Gasteiger partial charge in [-0.05, 0) is 23.6 Å². The molecule has 0 saturated heterocycles. The number of rotatable bonds is 3. The van der Waals surface area contributed by atoms with Crippen molar-refractivity contribution in [2.24, 2.45) is 0 Å². The van der Waals surface area contributed by atoms with Crippen molar-refractivity contribution in [3.05, 3.63) is 40.9 Å². The number of hydrogen-bond acceptors (Lipinski definition) is 4. The fraction of sp³-hybridized carbons (Fsp3) is 0.308. The first-order valence-corrected chi connectivity index (χ1v) is 6.67. The lowest BCUT2D eigenvalue weighted by Gasteiger charge is -2.12. The molecule has 2 aromatic rings. The minimum Gasteiger partial charge on any atom is -0.374 e. The molecule has 2 heterocycles. The molecule has 1 aromatic heterocycles. The highest BCUT2D eigenvalue weighted by atomic mass is 32.1. The van der Waals surface area contributed by atoms with Gasteiger partial charge in [-0.15, -0.1) is 11.3 Å². The molecule has 1 aliphatic heterocycles. The third-order valence-corrected chi connectivity index (χ3v) is 3.88. The van der Waals surface area contributed by atoms with Crippen molar-refractivity contribution < 1.29 is 0 Å². The Kier molecular flexibility index (Phi) is 2.73. The molecule has 4 heteroatoms. The van der Waals surface area contributed by atoms with Gasteiger partial charge in [-0.3, -0.25) is 0 Å². The largest absolute Gasteiger partial charge is 0.374 e. The zero-order valence-electron chi connectivity index (χ0n) is 9.81. The molecule has 0 spiro atoms. The van der Waals surface area contributed by atoms with Gasteiger partial charge in [-0.25, -0.2) is 4.98 Å². The number of nitrogens with zero attached hydrogens (tertiary/aromatic N) is 2. The van der Waals surface area contributed by atoms with Gasteiger partial charge in [-0.1, -0.05) is 12.1 Å². The molecule has 17 heavy (non-hydrogen) atoms. The van der Waals surface area contributed by atoms with E-state index < -0.39 is 0 Å². The second-order valence-corrected chi connectivity index (χ2v) is 5.22. The second-order valence-electron chi connectivity index (χ2n) is 4.33. The van der Waals surface area contributed by atoms with E-state index in [1.54, 1.807) is 11.3 Å². The van der Waals surface area contributed by atoms with E-state index in [1.807, 2.05) is 11.6 Å². The minimum absolute atomic E-state index is 0.852. The Balaban J connectivity index is 1.72. The third kappa shape index (κ3) is 2.13. The van der Waals surface area contributed by atoms with Crippen LogP contribution in [-0.4, -0.2) is 18.6 Å². The molecule has 3 rings (SSSR count). The molecule has 1 aliphatic rings. The maximum Gasteiger partial charge on any atom is 0.182 e. The summed E-state index contributed by atoms with van der Waals surface area (Å²) in [6.07, 6.45) is 2.99. The standard InChI is InChI=1S/C13H15N3S/c1-16-6-4-11-8-10(2-3-12(11)16)9-15-13-14-5-7-17-13/h2-3,5,7-8H,4,6,9H2,1H3,(H,14,15). The molecule has 3 nitrogen and oxygen atoms in total. The van der Waals surface area contributed by atoms with Crippen molar-refractivity contribution >= 4 is 22.2 Å². The van der Waals surface area contributed by atoms with Crippen LogP contribution in [0.5, 0.6) is 0 Å². The van der Waals surface area contributed by atoms with Crippen molar-refractivity contribution in [1.82, 2.24) is 4.98 Å². The number of aromatic nitrogens is 1. The summed E-state index contributed by atoms with van der Waals surface area (Å²) in [5, 5.41) is 6.31. The second kappa shape index (κ2) is 4.37. The van der Waals surface area contributed by atoms with Gasteiger partial charge in [0.05, 0.1) is 0 Å². The molecule has 1 aromatic carbocycles. The molecule has 0 unspecified atom stereocenters. The summed E-state index contributed by atoms with van der Waals surface area (Å²) in [4.78, 5) is 6.53. The molecular weight excluding hydrogens is 230 g/mol. The van der Waals surface area contributed by atoms with Crippen molar-refractivity contribution in [3.63, 3.8) is 0 Å². The number of thiazole rings is 1. The number of likely N-dealkylation sites (N-methyl/N-ethyl adjacent to an activating group) is 1. The summed E-state index contributed by atoms with van der Waals surface area (Å²) in [6.45, 7) is 1.99. The summed E-state index contributed by atoms with van der Waals surface area (Å²) < 4.78 is 0. The van der Waals surface area contributed by atoms with Crippen LogP contribution in [-0.2, 0) is 13.0 Å². The highest BCUT2D eigenvalue weighted by Crippen LogP contribution is 2.27. The third-order valence-electron chi connectivity index (χ3n) is 3.15. The van der Waals surface area contributed by atoms with Crippen LogP contribution in [0.2, 0.25) is 0 Å². The number of fused-ring (bicyclic) bond motifs is 1. The Morgan fingerprint density at radius 1 is 1.47 bits per heavy atom. The molecule has 1 N–H and O–H groups in total. The Morgan fingerprint density at radius 2 is 2.41 bits per heavy atom. The van der Waals surface area contributed by atoms with Crippen LogP contribution in [0.4, 0.5) is 10.8 Å². The van der Waals surface area contributed by atoms with E-state index in [1.165, 1.54) is 16.8 Å². The van der Waals surface area contributed by atoms with E-state index in [9.17, 15) is 0 Å². The van der Waals surface area contributed by atoms with Gasteiger partial charge in [0.1, 0.15) is 0 Å². The van der Waals surface area contributed by atoms with Crippen molar-refractivity contribution in [2.75, 3.05) is 23.8 Å². The van der Waals surface area contributed by atoms with Crippen LogP contribution < -0.4 is 10.2 Å². The van der Waals surface area contributed by atoms with Gasteiger partial charge in [0.25, 0.3) is 0 Å². The van der Waals surface area contributed by atoms with Crippen LogP contribution >= 0.6 is 11.3 Å². The van der Waals surface area contributed by atoms with Crippen LogP contribution in [0.15, 0.2) is 29.8 Å². The average molecular weight is 245 g/mol. The van der Waals surface area contributed by atoms with E-state index in [0.717, 1.165) is 24.6 Å². The van der Waals surface area contributed by atoms with E-state index in [-0.39, 0.29) is 0 Å². The topological polar surface area (TPSA) is 28.2 Å². The first-order chi connectivity index (χ1) is 8.33. The van der Waals surface area contributed by atoms with Crippen molar-refractivity contribution in [1.29, 1.82) is 0 Å². The van der Waals surface area contributed by atoms with Crippen LogP contribution in [0.25, 0.3) is 0 Å². The summed E-state index contributed by atoms with van der Waals surface area (Å²) in [7, 11) is 2.15. The molecule has 88 valence electrons. The first-order valence-electron chi connectivity index (χ1n) is 5.79. The minimum atomic E-state index is 0.852. The Morgan fingerprint density at radius 3 is 3.24 bits per heavy atom. The molecule has 0 bridgehead atoms. The molecule has 0 saturated carbocycles. The molecular formula is C13H15N3S. The Labute approximate surface area is 105 Å². The van der Waals surface area contributed by atoms with Crippen molar-refractivity contribution in [2.45, 2.75) is 13.0 Å².